The molecule has 6 nitrogen and oxygen atoms in total. The fraction of sp³-hybridized carbons (Fsp3) is 0.636. The van der Waals surface area contributed by atoms with Gasteiger partial charge in [-0.1, -0.05) is 0 Å². The maximum absolute atomic E-state index is 12.7. The lowest BCUT2D eigenvalue weighted by Crippen LogP contribution is -2.48. The zero-order valence-corrected chi connectivity index (χ0v) is 16.6. The summed E-state index contributed by atoms with van der Waals surface area (Å²) in [5.74, 6) is 1.37. The van der Waals surface area contributed by atoms with Crippen LogP contribution < -0.4 is 10.5 Å². The highest BCUT2D eigenvalue weighted by atomic mass is 16.5. The van der Waals surface area contributed by atoms with Crippen molar-refractivity contribution in [1.29, 1.82) is 0 Å². The first-order valence-corrected chi connectivity index (χ1v) is 10.8. The first-order chi connectivity index (χ1) is 13.8. The van der Waals surface area contributed by atoms with Crippen molar-refractivity contribution in [2.75, 3.05) is 50.8 Å². The Balaban J connectivity index is 1.24. The third-order valence-electron chi connectivity index (χ3n) is 6.47. The minimum atomic E-state index is 0.1000. The zero-order valence-electron chi connectivity index (χ0n) is 16.6. The summed E-state index contributed by atoms with van der Waals surface area (Å²) in [5, 5.41) is 0.739. The maximum atomic E-state index is 12.7. The van der Waals surface area contributed by atoms with Crippen molar-refractivity contribution in [3.05, 3.63) is 34.9 Å². The Kier molecular flexibility index (Phi) is 5.07. The Morgan fingerprint density at radius 3 is 2.64 bits per heavy atom. The molecule has 2 aliphatic heterocycles. The van der Waals surface area contributed by atoms with Crippen LogP contribution in [0.2, 0.25) is 0 Å². The van der Waals surface area contributed by atoms with E-state index in [1.807, 2.05) is 6.07 Å². The van der Waals surface area contributed by atoms with E-state index < -0.39 is 0 Å². The lowest BCUT2D eigenvalue weighted by atomic mass is 10.0. The molecule has 1 saturated carbocycles. The van der Waals surface area contributed by atoms with Crippen LogP contribution in [0.5, 0.6) is 0 Å². The molecule has 1 aromatic carbocycles. The van der Waals surface area contributed by atoms with E-state index in [0.29, 0.717) is 11.8 Å². The summed E-state index contributed by atoms with van der Waals surface area (Å²) in [6.45, 7) is 8.07. The van der Waals surface area contributed by atoms with Crippen LogP contribution in [-0.2, 0) is 11.3 Å². The van der Waals surface area contributed by atoms with Crippen molar-refractivity contribution in [2.24, 2.45) is 11.8 Å². The highest BCUT2D eigenvalue weighted by Crippen LogP contribution is 2.30. The molecule has 1 aliphatic carbocycles. The van der Waals surface area contributed by atoms with E-state index in [1.165, 1.54) is 31.4 Å². The van der Waals surface area contributed by atoms with Crippen LogP contribution in [0.25, 0.3) is 10.9 Å². The van der Waals surface area contributed by atoms with Gasteiger partial charge in [0.25, 0.3) is 5.56 Å². The number of fused-ring (bicyclic) bond motifs is 1. The predicted octanol–water partition coefficient (Wildman–Crippen LogP) is 2.36. The van der Waals surface area contributed by atoms with E-state index in [1.54, 1.807) is 10.9 Å². The van der Waals surface area contributed by atoms with Crippen LogP contribution in [0, 0.1) is 11.8 Å². The molecule has 0 spiro atoms. The van der Waals surface area contributed by atoms with Crippen molar-refractivity contribution in [1.82, 2.24) is 14.5 Å². The smallest absolute Gasteiger partial charge is 0.261 e. The van der Waals surface area contributed by atoms with Crippen LogP contribution >= 0.6 is 0 Å². The number of ether oxygens (including phenoxy) is 1. The Morgan fingerprint density at radius 1 is 1.04 bits per heavy atom. The van der Waals surface area contributed by atoms with E-state index in [9.17, 15) is 4.79 Å². The quantitative estimate of drug-likeness (QED) is 0.795. The van der Waals surface area contributed by atoms with Crippen LogP contribution in [0.15, 0.2) is 29.3 Å². The monoisotopic (exact) mass is 382 g/mol. The molecular formula is C22H30N4O2. The summed E-state index contributed by atoms with van der Waals surface area (Å²) in [6, 6.07) is 6.15. The largest absolute Gasteiger partial charge is 0.381 e. The second-order valence-electron chi connectivity index (χ2n) is 8.72. The molecule has 28 heavy (non-hydrogen) atoms. The summed E-state index contributed by atoms with van der Waals surface area (Å²) in [7, 11) is 0. The van der Waals surface area contributed by atoms with Gasteiger partial charge in [0.2, 0.25) is 0 Å². The van der Waals surface area contributed by atoms with E-state index in [-0.39, 0.29) is 5.56 Å². The first kappa shape index (κ1) is 18.1. The number of aromatic nitrogens is 2. The highest BCUT2D eigenvalue weighted by molar-refractivity contribution is 5.81. The van der Waals surface area contributed by atoms with Crippen molar-refractivity contribution in [3.63, 3.8) is 0 Å². The fourth-order valence-electron chi connectivity index (χ4n) is 4.56. The van der Waals surface area contributed by atoms with E-state index in [4.69, 9.17) is 4.74 Å². The average Bonchev–Trinajstić information content (AvgIpc) is 3.55. The third kappa shape index (κ3) is 3.94. The summed E-state index contributed by atoms with van der Waals surface area (Å²) in [6.07, 6.45) is 6.72. The lowest BCUT2D eigenvalue weighted by Gasteiger charge is -2.38. The molecule has 3 fully saturated rings. The highest BCUT2D eigenvalue weighted by Gasteiger charge is 2.24. The molecule has 0 N–H and O–H groups in total. The summed E-state index contributed by atoms with van der Waals surface area (Å²) >= 11 is 0. The molecule has 3 aliphatic rings. The molecule has 2 saturated heterocycles. The SMILES string of the molecule is O=c1c2ccc(N3CCN(CC4CCCOC4)CC3)cc2ncn1CC1CC1. The molecule has 1 aromatic heterocycles. The Labute approximate surface area is 166 Å². The topological polar surface area (TPSA) is 50.6 Å². The summed E-state index contributed by atoms with van der Waals surface area (Å²) in [5.41, 5.74) is 2.10. The van der Waals surface area contributed by atoms with Gasteiger partial charge in [0.05, 0.1) is 23.8 Å². The number of rotatable bonds is 5. The molecule has 6 heteroatoms. The van der Waals surface area contributed by atoms with Crippen molar-refractivity contribution in [3.8, 4) is 0 Å². The van der Waals surface area contributed by atoms with Crippen molar-refractivity contribution in [2.45, 2.75) is 32.2 Å². The molecule has 1 atom stereocenters. The molecule has 3 heterocycles. The van der Waals surface area contributed by atoms with Crippen molar-refractivity contribution >= 4 is 16.6 Å². The average molecular weight is 383 g/mol. The summed E-state index contributed by atoms with van der Waals surface area (Å²) in [4.78, 5) is 22.3. The minimum Gasteiger partial charge on any atom is -0.381 e. The number of anilines is 1. The Bertz CT molecular complexity index is 878. The zero-order chi connectivity index (χ0) is 18.9. The first-order valence-electron chi connectivity index (χ1n) is 10.8. The van der Waals surface area contributed by atoms with Crippen LogP contribution in [0.4, 0.5) is 5.69 Å². The maximum Gasteiger partial charge on any atom is 0.261 e. The second kappa shape index (κ2) is 7.84. The Hall–Kier alpha value is -1.92. The van der Waals surface area contributed by atoms with Gasteiger partial charge in [-0.25, -0.2) is 4.98 Å². The van der Waals surface area contributed by atoms with Crippen LogP contribution in [-0.4, -0.2) is 60.4 Å². The lowest BCUT2D eigenvalue weighted by molar-refractivity contribution is 0.0377. The normalized spacial score (nSPS) is 24.0. The predicted molar refractivity (Wildman–Crippen MR) is 111 cm³/mol. The molecular weight excluding hydrogens is 352 g/mol. The van der Waals surface area contributed by atoms with Gasteiger partial charge >= 0.3 is 0 Å². The molecule has 0 radical (unpaired) electrons. The van der Waals surface area contributed by atoms with Gasteiger partial charge < -0.3 is 9.64 Å². The van der Waals surface area contributed by atoms with E-state index >= 15 is 0 Å². The molecule has 2 aromatic rings. The molecule has 5 rings (SSSR count). The molecule has 0 amide bonds. The van der Waals surface area contributed by atoms with E-state index in [2.05, 4.69) is 26.9 Å². The molecule has 1 unspecified atom stereocenters. The van der Waals surface area contributed by atoms with E-state index in [0.717, 1.165) is 63.4 Å². The van der Waals surface area contributed by atoms with Gasteiger partial charge in [0.15, 0.2) is 0 Å². The number of hydrogen-bond acceptors (Lipinski definition) is 5. The fourth-order valence-corrected chi connectivity index (χ4v) is 4.56. The molecule has 0 bridgehead atoms. The van der Waals surface area contributed by atoms with Gasteiger partial charge in [-0.3, -0.25) is 14.3 Å². The summed E-state index contributed by atoms with van der Waals surface area (Å²) < 4.78 is 7.41. The van der Waals surface area contributed by atoms with Gasteiger partial charge in [0, 0.05) is 51.6 Å². The van der Waals surface area contributed by atoms with Crippen LogP contribution in [0.3, 0.4) is 0 Å². The standard InChI is InChI=1S/C22H30N4O2/c27-22-20-6-5-19(12-21(20)23-16-26(22)14-17-3-4-17)25-9-7-24(8-10-25)13-18-2-1-11-28-15-18/h5-6,12,16-18H,1-4,7-11,13-15H2. The van der Waals surface area contributed by atoms with Gasteiger partial charge in [-0.2, -0.15) is 0 Å². The van der Waals surface area contributed by atoms with Gasteiger partial charge in [0.1, 0.15) is 0 Å². The van der Waals surface area contributed by atoms with Gasteiger partial charge in [-0.05, 0) is 55.7 Å². The number of benzene rings is 1. The van der Waals surface area contributed by atoms with Crippen molar-refractivity contribution < 1.29 is 4.74 Å². The van der Waals surface area contributed by atoms with Crippen LogP contribution in [0.1, 0.15) is 25.7 Å². The minimum absolute atomic E-state index is 0.1000. The molecule has 150 valence electrons. The third-order valence-corrected chi connectivity index (χ3v) is 6.47. The second-order valence-corrected chi connectivity index (χ2v) is 8.72. The Morgan fingerprint density at radius 2 is 1.89 bits per heavy atom. The number of hydrogen-bond donors (Lipinski definition) is 0. The van der Waals surface area contributed by atoms with Gasteiger partial charge in [-0.15, -0.1) is 0 Å². The number of nitrogens with zero attached hydrogens (tertiary/aromatic N) is 4. The number of piperazine rings is 1.